The van der Waals surface area contributed by atoms with Crippen LogP contribution in [0.4, 0.5) is 0 Å². The summed E-state index contributed by atoms with van der Waals surface area (Å²) in [6.45, 7) is 3.82. The second kappa shape index (κ2) is 6.66. The number of carbonyl (C=O) groups is 2. The predicted octanol–water partition coefficient (Wildman–Crippen LogP) is 1.69. The summed E-state index contributed by atoms with van der Waals surface area (Å²) in [7, 11) is 1.42. The minimum absolute atomic E-state index is 0.173. The number of benzene rings is 1. The molecular weight excluding hydrogens is 324 g/mol. The summed E-state index contributed by atoms with van der Waals surface area (Å²) in [5, 5.41) is 19.3. The molecule has 23 heavy (non-hydrogen) atoms. The molecule has 0 radical (unpaired) electrons. The Balaban J connectivity index is 2.57. The highest BCUT2D eigenvalue weighted by atomic mass is 35.5. The number of carboxylic acids is 1. The Morgan fingerprint density at radius 2 is 2.13 bits per heavy atom. The maximum absolute atomic E-state index is 12.0. The van der Waals surface area contributed by atoms with Gasteiger partial charge in [0.25, 0.3) is 5.91 Å². The topological polar surface area (TPSA) is 106 Å². The van der Waals surface area contributed by atoms with Crippen molar-refractivity contribution in [3.05, 3.63) is 34.1 Å². The smallest absolute Gasteiger partial charge is 0.358 e. The summed E-state index contributed by atoms with van der Waals surface area (Å²) < 4.78 is 6.51. The minimum atomic E-state index is -1.18. The van der Waals surface area contributed by atoms with Crippen LogP contribution in [0.25, 0.3) is 5.69 Å². The zero-order valence-corrected chi connectivity index (χ0v) is 13.5. The minimum Gasteiger partial charge on any atom is -0.496 e. The van der Waals surface area contributed by atoms with Gasteiger partial charge in [0, 0.05) is 12.6 Å². The lowest BCUT2D eigenvalue weighted by molar-refractivity contribution is 0.0689. The van der Waals surface area contributed by atoms with Gasteiger partial charge in [-0.2, -0.15) is 0 Å². The number of rotatable bonds is 5. The first-order valence-electron chi connectivity index (χ1n) is 6.72. The zero-order valence-electron chi connectivity index (χ0n) is 12.8. The van der Waals surface area contributed by atoms with Crippen molar-refractivity contribution in [3.8, 4) is 11.4 Å². The third-order valence-corrected chi connectivity index (χ3v) is 3.48. The van der Waals surface area contributed by atoms with Gasteiger partial charge in [0.1, 0.15) is 5.75 Å². The fourth-order valence-electron chi connectivity index (χ4n) is 2.06. The molecule has 1 aromatic carbocycles. The fourth-order valence-corrected chi connectivity index (χ4v) is 2.31. The molecule has 1 aromatic heterocycles. The van der Waals surface area contributed by atoms with E-state index in [0.29, 0.717) is 23.7 Å². The molecule has 0 spiro atoms. The highest BCUT2D eigenvalue weighted by molar-refractivity contribution is 6.33. The average molecular weight is 339 g/mol. The Labute approximate surface area is 137 Å². The van der Waals surface area contributed by atoms with Gasteiger partial charge in [-0.25, -0.2) is 9.48 Å². The summed E-state index contributed by atoms with van der Waals surface area (Å²) in [4.78, 5) is 23.1. The van der Waals surface area contributed by atoms with Crippen LogP contribution in [0.3, 0.4) is 0 Å². The van der Waals surface area contributed by atoms with E-state index in [0.717, 1.165) is 0 Å². The molecule has 2 aromatic rings. The van der Waals surface area contributed by atoms with E-state index in [-0.39, 0.29) is 22.2 Å². The highest BCUT2D eigenvalue weighted by Crippen LogP contribution is 2.30. The summed E-state index contributed by atoms with van der Waals surface area (Å²) in [5.74, 6) is -1.21. The van der Waals surface area contributed by atoms with Crippen LogP contribution in [0, 0.1) is 6.92 Å². The van der Waals surface area contributed by atoms with Crippen LogP contribution in [0.1, 0.15) is 33.5 Å². The normalized spacial score (nSPS) is 10.4. The number of halogens is 1. The van der Waals surface area contributed by atoms with Crippen LogP contribution in [0.15, 0.2) is 12.1 Å². The number of carbonyl (C=O) groups excluding carboxylic acids is 1. The van der Waals surface area contributed by atoms with Gasteiger partial charge in [0.15, 0.2) is 5.69 Å². The van der Waals surface area contributed by atoms with E-state index in [9.17, 15) is 9.59 Å². The van der Waals surface area contributed by atoms with Gasteiger partial charge in [0.2, 0.25) is 0 Å². The molecule has 1 heterocycles. The summed E-state index contributed by atoms with van der Waals surface area (Å²) in [5.41, 5.74) is 0.786. The molecule has 2 rings (SSSR count). The van der Waals surface area contributed by atoms with Gasteiger partial charge < -0.3 is 15.2 Å². The maximum atomic E-state index is 12.0. The Morgan fingerprint density at radius 3 is 2.65 bits per heavy atom. The largest absolute Gasteiger partial charge is 0.496 e. The van der Waals surface area contributed by atoms with Crippen molar-refractivity contribution in [1.82, 2.24) is 20.3 Å². The fraction of sp³-hybridized carbons (Fsp3) is 0.286. The summed E-state index contributed by atoms with van der Waals surface area (Å²) in [6.07, 6.45) is 0. The first kappa shape index (κ1) is 16.8. The van der Waals surface area contributed by atoms with Crippen LogP contribution in [-0.2, 0) is 0 Å². The number of aromatic carboxylic acids is 1. The van der Waals surface area contributed by atoms with Crippen molar-refractivity contribution in [2.75, 3.05) is 13.7 Å². The standard InChI is InChI=1S/C14H15ClN4O4/c1-4-16-13(20)8-5-9(15)10(6-11(8)23-3)19-7(2)12(14(21)22)17-18-19/h5-6H,4H2,1-3H3,(H,16,20)(H,21,22). The number of ether oxygens (including phenoxy) is 1. The van der Waals surface area contributed by atoms with Gasteiger partial charge >= 0.3 is 5.97 Å². The van der Waals surface area contributed by atoms with Crippen LogP contribution >= 0.6 is 11.6 Å². The number of aromatic nitrogens is 3. The molecule has 0 bridgehead atoms. The second-order valence-electron chi connectivity index (χ2n) is 4.60. The molecule has 0 fully saturated rings. The third-order valence-electron chi connectivity index (χ3n) is 3.18. The Bertz CT molecular complexity index is 772. The van der Waals surface area contributed by atoms with Gasteiger partial charge in [-0.05, 0) is 19.9 Å². The second-order valence-corrected chi connectivity index (χ2v) is 5.01. The number of carboxylic acid groups (broad SMARTS) is 1. The maximum Gasteiger partial charge on any atom is 0.358 e. The van der Waals surface area contributed by atoms with E-state index in [1.807, 2.05) is 0 Å². The van der Waals surface area contributed by atoms with Gasteiger partial charge in [-0.15, -0.1) is 5.10 Å². The first-order valence-corrected chi connectivity index (χ1v) is 7.10. The van der Waals surface area contributed by atoms with Gasteiger partial charge in [-0.3, -0.25) is 4.79 Å². The lowest BCUT2D eigenvalue weighted by atomic mass is 10.1. The molecule has 122 valence electrons. The van der Waals surface area contributed by atoms with Crippen LogP contribution in [-0.4, -0.2) is 45.6 Å². The molecule has 0 saturated carbocycles. The van der Waals surface area contributed by atoms with E-state index < -0.39 is 5.97 Å². The number of nitrogens with zero attached hydrogens (tertiary/aromatic N) is 3. The van der Waals surface area contributed by atoms with Gasteiger partial charge in [0.05, 0.1) is 29.1 Å². The number of hydrogen-bond donors (Lipinski definition) is 2. The first-order chi connectivity index (χ1) is 10.9. The molecule has 9 heteroatoms. The molecule has 8 nitrogen and oxygen atoms in total. The quantitative estimate of drug-likeness (QED) is 0.859. The van der Waals surface area contributed by atoms with E-state index >= 15 is 0 Å². The van der Waals surface area contributed by atoms with Crippen molar-refractivity contribution >= 4 is 23.5 Å². The Morgan fingerprint density at radius 1 is 1.43 bits per heavy atom. The number of nitrogens with one attached hydrogen (secondary N) is 1. The molecule has 0 atom stereocenters. The SMILES string of the molecule is CCNC(=O)c1cc(Cl)c(-n2nnc(C(=O)O)c2C)cc1OC. The molecule has 0 unspecified atom stereocenters. The van der Waals surface area contributed by atoms with Crippen molar-refractivity contribution in [1.29, 1.82) is 0 Å². The van der Waals surface area contributed by atoms with E-state index in [1.54, 1.807) is 13.8 Å². The van der Waals surface area contributed by atoms with Crippen LogP contribution < -0.4 is 10.1 Å². The number of hydrogen-bond acceptors (Lipinski definition) is 5. The third kappa shape index (κ3) is 3.11. The predicted molar refractivity (Wildman–Crippen MR) is 82.6 cm³/mol. The molecule has 0 saturated heterocycles. The van der Waals surface area contributed by atoms with Gasteiger partial charge in [-0.1, -0.05) is 16.8 Å². The van der Waals surface area contributed by atoms with Crippen LogP contribution in [0.5, 0.6) is 5.75 Å². The lowest BCUT2D eigenvalue weighted by Gasteiger charge is -2.13. The van der Waals surface area contributed by atoms with Crippen molar-refractivity contribution in [2.45, 2.75) is 13.8 Å². The Kier molecular flexibility index (Phi) is 4.85. The van der Waals surface area contributed by atoms with Crippen LogP contribution in [0.2, 0.25) is 5.02 Å². The highest BCUT2D eigenvalue weighted by Gasteiger charge is 2.21. The molecule has 2 N–H and O–H groups in total. The van der Waals surface area contributed by atoms with Crippen molar-refractivity contribution < 1.29 is 19.4 Å². The molecule has 0 aliphatic rings. The zero-order chi connectivity index (χ0) is 17.1. The number of methoxy groups -OCH3 is 1. The van der Waals surface area contributed by atoms with E-state index in [1.165, 1.54) is 23.9 Å². The lowest BCUT2D eigenvalue weighted by Crippen LogP contribution is -2.23. The molecular formula is C14H15ClN4O4. The van der Waals surface area contributed by atoms with E-state index in [2.05, 4.69) is 15.6 Å². The average Bonchev–Trinajstić information content (AvgIpc) is 2.89. The molecule has 1 amide bonds. The molecule has 0 aliphatic carbocycles. The van der Waals surface area contributed by atoms with Crippen molar-refractivity contribution in [3.63, 3.8) is 0 Å². The summed E-state index contributed by atoms with van der Waals surface area (Å²) in [6, 6.07) is 2.96. The number of amides is 1. The Hall–Kier alpha value is -2.61. The molecule has 0 aliphatic heterocycles. The monoisotopic (exact) mass is 338 g/mol. The van der Waals surface area contributed by atoms with Crippen molar-refractivity contribution in [2.24, 2.45) is 0 Å². The summed E-state index contributed by atoms with van der Waals surface area (Å²) >= 11 is 6.23. The van der Waals surface area contributed by atoms with E-state index in [4.69, 9.17) is 21.4 Å².